The van der Waals surface area contributed by atoms with Crippen LogP contribution in [0.5, 0.6) is 0 Å². The molecule has 0 fully saturated rings. The third-order valence-corrected chi connectivity index (χ3v) is 1.61. The fourth-order valence-corrected chi connectivity index (χ4v) is 0.873. The quantitative estimate of drug-likeness (QED) is 0.724. The summed E-state index contributed by atoms with van der Waals surface area (Å²) in [4.78, 5) is 25.5. The molecule has 1 amide bonds. The first-order valence-corrected chi connectivity index (χ1v) is 4.22. The van der Waals surface area contributed by atoms with E-state index in [2.05, 4.69) is 10.3 Å². The number of rotatable bonds is 3. The predicted molar refractivity (Wildman–Crippen MR) is 54.3 cm³/mol. The van der Waals surface area contributed by atoms with Crippen LogP contribution in [0.2, 0.25) is 0 Å². The second-order valence-corrected chi connectivity index (χ2v) is 2.86. The standard InChI is InChI=1S/C10H10N2O3/c1-7(10(14)15)5-9(13)12-8-3-2-4-11-6-8/h2-6H,1H3,(H,12,13)(H,14,15)/b7-5-. The number of nitrogens with one attached hydrogen (secondary N) is 1. The number of pyridine rings is 1. The minimum Gasteiger partial charge on any atom is -0.478 e. The fourth-order valence-electron chi connectivity index (χ4n) is 0.873. The molecule has 0 aromatic carbocycles. The molecule has 5 nitrogen and oxygen atoms in total. The fraction of sp³-hybridized carbons (Fsp3) is 0.100. The maximum Gasteiger partial charge on any atom is 0.331 e. The zero-order valence-corrected chi connectivity index (χ0v) is 8.10. The van der Waals surface area contributed by atoms with Gasteiger partial charge in [-0.25, -0.2) is 4.79 Å². The Hall–Kier alpha value is -2.17. The number of amides is 1. The van der Waals surface area contributed by atoms with Crippen LogP contribution in [0.15, 0.2) is 36.2 Å². The zero-order chi connectivity index (χ0) is 11.3. The van der Waals surface area contributed by atoms with Gasteiger partial charge in [0.1, 0.15) is 0 Å². The summed E-state index contributed by atoms with van der Waals surface area (Å²) in [6, 6.07) is 3.33. The van der Waals surface area contributed by atoms with E-state index in [9.17, 15) is 9.59 Å². The topological polar surface area (TPSA) is 79.3 Å². The lowest BCUT2D eigenvalue weighted by Crippen LogP contribution is -2.10. The van der Waals surface area contributed by atoms with Crippen LogP contribution < -0.4 is 5.32 Å². The van der Waals surface area contributed by atoms with E-state index in [0.717, 1.165) is 6.08 Å². The average molecular weight is 206 g/mol. The van der Waals surface area contributed by atoms with E-state index >= 15 is 0 Å². The van der Waals surface area contributed by atoms with Gasteiger partial charge in [0.05, 0.1) is 11.9 Å². The highest BCUT2D eigenvalue weighted by Gasteiger charge is 2.04. The second kappa shape index (κ2) is 4.90. The van der Waals surface area contributed by atoms with Crippen LogP contribution in [0, 0.1) is 0 Å². The van der Waals surface area contributed by atoms with Gasteiger partial charge in [-0.2, -0.15) is 0 Å². The van der Waals surface area contributed by atoms with Crippen LogP contribution >= 0.6 is 0 Å². The molecule has 1 aromatic rings. The molecule has 78 valence electrons. The molecule has 1 heterocycles. The number of carboxylic acid groups (broad SMARTS) is 1. The van der Waals surface area contributed by atoms with E-state index in [0.29, 0.717) is 5.69 Å². The first-order valence-electron chi connectivity index (χ1n) is 4.22. The lowest BCUT2D eigenvalue weighted by molar-refractivity contribution is -0.132. The van der Waals surface area contributed by atoms with Crippen LogP contribution in [-0.2, 0) is 9.59 Å². The second-order valence-electron chi connectivity index (χ2n) is 2.86. The summed E-state index contributed by atoms with van der Waals surface area (Å²) < 4.78 is 0. The van der Waals surface area contributed by atoms with Crippen molar-refractivity contribution >= 4 is 17.6 Å². The van der Waals surface area contributed by atoms with Crippen molar-refractivity contribution < 1.29 is 14.7 Å². The Morgan fingerprint density at radius 1 is 1.53 bits per heavy atom. The van der Waals surface area contributed by atoms with Crippen molar-refractivity contribution in [2.24, 2.45) is 0 Å². The van der Waals surface area contributed by atoms with Crippen LogP contribution in [0.25, 0.3) is 0 Å². The number of aromatic nitrogens is 1. The smallest absolute Gasteiger partial charge is 0.331 e. The molecule has 2 N–H and O–H groups in total. The molecule has 15 heavy (non-hydrogen) atoms. The molecule has 0 radical (unpaired) electrons. The van der Waals surface area contributed by atoms with Crippen molar-refractivity contribution in [3.05, 3.63) is 36.2 Å². The monoisotopic (exact) mass is 206 g/mol. The van der Waals surface area contributed by atoms with E-state index in [1.807, 2.05) is 0 Å². The van der Waals surface area contributed by atoms with Gasteiger partial charge in [0.15, 0.2) is 0 Å². The van der Waals surface area contributed by atoms with E-state index in [4.69, 9.17) is 5.11 Å². The molecule has 0 aliphatic carbocycles. The summed E-state index contributed by atoms with van der Waals surface area (Å²) in [5.74, 6) is -1.60. The third-order valence-electron chi connectivity index (χ3n) is 1.61. The Kier molecular flexibility index (Phi) is 3.56. The van der Waals surface area contributed by atoms with Gasteiger partial charge in [-0.05, 0) is 19.1 Å². The average Bonchev–Trinajstić information content (AvgIpc) is 2.18. The maximum absolute atomic E-state index is 11.2. The van der Waals surface area contributed by atoms with Gasteiger partial charge in [-0.1, -0.05) is 0 Å². The minimum atomic E-state index is -1.11. The van der Waals surface area contributed by atoms with Crippen LogP contribution in [-0.4, -0.2) is 22.0 Å². The van der Waals surface area contributed by atoms with Crippen molar-refractivity contribution in [3.63, 3.8) is 0 Å². The lowest BCUT2D eigenvalue weighted by atomic mass is 10.3. The lowest BCUT2D eigenvalue weighted by Gasteiger charge is -2.00. The first kappa shape index (κ1) is 10.9. The number of anilines is 1. The Bertz CT molecular complexity index is 398. The molecule has 5 heteroatoms. The molecular formula is C10H10N2O3. The first-order chi connectivity index (χ1) is 7.09. The normalized spacial score (nSPS) is 10.9. The SMILES string of the molecule is C/C(=C/C(=O)Nc1cccnc1)C(=O)O. The summed E-state index contributed by atoms with van der Waals surface area (Å²) in [6.45, 7) is 1.35. The molecule has 0 bridgehead atoms. The van der Waals surface area contributed by atoms with E-state index < -0.39 is 11.9 Å². The van der Waals surface area contributed by atoms with E-state index in [1.165, 1.54) is 13.1 Å². The van der Waals surface area contributed by atoms with Gasteiger partial charge < -0.3 is 10.4 Å². The molecule has 0 spiro atoms. The molecule has 1 aromatic heterocycles. The number of carbonyl (C=O) groups excluding carboxylic acids is 1. The molecule has 0 saturated heterocycles. The van der Waals surface area contributed by atoms with Gasteiger partial charge in [-0.15, -0.1) is 0 Å². The van der Waals surface area contributed by atoms with Crippen LogP contribution in [0.4, 0.5) is 5.69 Å². The van der Waals surface area contributed by atoms with Crippen molar-refractivity contribution in [3.8, 4) is 0 Å². The van der Waals surface area contributed by atoms with Crippen molar-refractivity contribution in [2.75, 3.05) is 5.32 Å². The Labute approximate surface area is 86.5 Å². The van der Waals surface area contributed by atoms with Gasteiger partial charge >= 0.3 is 5.97 Å². The molecule has 0 saturated carbocycles. The molecule has 0 aliphatic heterocycles. The highest BCUT2D eigenvalue weighted by atomic mass is 16.4. The maximum atomic E-state index is 11.2. The molecule has 1 rings (SSSR count). The summed E-state index contributed by atoms with van der Waals surface area (Å²) in [6.07, 6.45) is 4.07. The molecule has 0 unspecified atom stereocenters. The number of hydrogen-bond acceptors (Lipinski definition) is 3. The Morgan fingerprint density at radius 3 is 2.80 bits per heavy atom. The number of nitrogens with zero attached hydrogens (tertiary/aromatic N) is 1. The number of aliphatic carboxylic acids is 1. The number of carbonyl (C=O) groups is 2. The van der Waals surface area contributed by atoms with E-state index in [-0.39, 0.29) is 5.57 Å². The van der Waals surface area contributed by atoms with Crippen molar-refractivity contribution in [1.82, 2.24) is 4.98 Å². The number of carboxylic acids is 1. The highest BCUT2D eigenvalue weighted by Crippen LogP contribution is 2.03. The van der Waals surface area contributed by atoms with Gasteiger partial charge in [-0.3, -0.25) is 9.78 Å². The molecular weight excluding hydrogens is 196 g/mol. The summed E-state index contributed by atoms with van der Waals surface area (Å²) >= 11 is 0. The van der Waals surface area contributed by atoms with E-state index in [1.54, 1.807) is 18.3 Å². The third kappa shape index (κ3) is 3.60. The molecule has 0 aliphatic rings. The van der Waals surface area contributed by atoms with Crippen LogP contribution in [0.1, 0.15) is 6.92 Å². The summed E-state index contributed by atoms with van der Waals surface area (Å²) in [5, 5.41) is 11.0. The Morgan fingerprint density at radius 2 is 2.27 bits per heavy atom. The predicted octanol–water partition coefficient (Wildman–Crippen LogP) is 1.05. The summed E-state index contributed by atoms with van der Waals surface area (Å²) in [5.41, 5.74) is 0.508. The highest BCUT2D eigenvalue weighted by molar-refractivity contribution is 6.03. The van der Waals surface area contributed by atoms with Gasteiger partial charge in [0.25, 0.3) is 0 Å². The number of hydrogen-bond donors (Lipinski definition) is 2. The zero-order valence-electron chi connectivity index (χ0n) is 8.10. The minimum absolute atomic E-state index is 0.0172. The van der Waals surface area contributed by atoms with Crippen molar-refractivity contribution in [1.29, 1.82) is 0 Å². The largest absolute Gasteiger partial charge is 0.478 e. The van der Waals surface area contributed by atoms with Crippen molar-refractivity contribution in [2.45, 2.75) is 6.92 Å². The van der Waals surface area contributed by atoms with Gasteiger partial charge in [0.2, 0.25) is 5.91 Å². The van der Waals surface area contributed by atoms with Crippen LogP contribution in [0.3, 0.4) is 0 Å². The Balaban J connectivity index is 2.65. The van der Waals surface area contributed by atoms with Gasteiger partial charge in [0, 0.05) is 17.8 Å². The molecule has 0 atom stereocenters. The summed E-state index contributed by atoms with van der Waals surface area (Å²) in [7, 11) is 0.